The first-order chi connectivity index (χ1) is 13.1. The Labute approximate surface area is 158 Å². The lowest BCUT2D eigenvalue weighted by Gasteiger charge is -2.36. The molecule has 27 heavy (non-hydrogen) atoms. The standard InChI is InChI=1S/C21H23N3O3/c1-3-27-20(26)14-24-18(16-7-5-4-6-8-16)13-19(25)21(23-24)22-17-11-9-15(2)10-12-17/h4-12,18H,3,13-14H2,1-2H3,(H,22,23). The molecule has 0 bridgehead atoms. The molecular weight excluding hydrogens is 342 g/mol. The number of hydrazine groups is 1. The third-order valence-corrected chi connectivity index (χ3v) is 4.33. The predicted molar refractivity (Wildman–Crippen MR) is 104 cm³/mol. The van der Waals surface area contributed by atoms with E-state index in [4.69, 9.17) is 4.74 Å². The quantitative estimate of drug-likeness (QED) is 0.825. The van der Waals surface area contributed by atoms with Gasteiger partial charge in [0.2, 0.25) is 5.78 Å². The predicted octanol–water partition coefficient (Wildman–Crippen LogP) is 3.11. The number of ketones is 1. The number of aryl methyl sites for hydroxylation is 1. The molecule has 1 aliphatic heterocycles. The zero-order valence-corrected chi connectivity index (χ0v) is 15.5. The van der Waals surface area contributed by atoms with Crippen LogP contribution < -0.4 is 5.43 Å². The second-order valence-electron chi connectivity index (χ2n) is 6.39. The van der Waals surface area contributed by atoms with Crippen LogP contribution in [-0.2, 0) is 14.3 Å². The van der Waals surface area contributed by atoms with Crippen LogP contribution in [0.5, 0.6) is 0 Å². The average molecular weight is 365 g/mol. The van der Waals surface area contributed by atoms with Crippen molar-refractivity contribution < 1.29 is 14.3 Å². The van der Waals surface area contributed by atoms with Crippen molar-refractivity contribution in [3.63, 3.8) is 0 Å². The number of benzene rings is 2. The Bertz CT molecular complexity index is 832. The van der Waals surface area contributed by atoms with Gasteiger partial charge in [-0.25, -0.2) is 10.0 Å². The summed E-state index contributed by atoms with van der Waals surface area (Å²) in [4.78, 5) is 29.1. The topological polar surface area (TPSA) is 71.0 Å². The maximum Gasteiger partial charge on any atom is 0.322 e. The smallest absolute Gasteiger partial charge is 0.322 e. The Balaban J connectivity index is 1.87. The van der Waals surface area contributed by atoms with E-state index < -0.39 is 0 Å². The molecule has 2 aromatic rings. The minimum atomic E-state index is -0.352. The van der Waals surface area contributed by atoms with Gasteiger partial charge in [-0.2, -0.15) is 0 Å². The molecule has 140 valence electrons. The van der Waals surface area contributed by atoms with Gasteiger partial charge in [-0.1, -0.05) is 48.0 Å². The van der Waals surface area contributed by atoms with E-state index in [2.05, 4.69) is 10.4 Å². The van der Waals surface area contributed by atoms with Crippen LogP contribution in [0, 0.1) is 6.92 Å². The van der Waals surface area contributed by atoms with Crippen molar-refractivity contribution in [2.75, 3.05) is 13.2 Å². The van der Waals surface area contributed by atoms with Crippen molar-refractivity contribution in [2.45, 2.75) is 26.3 Å². The fraction of sp³-hybridized carbons (Fsp3) is 0.286. The number of aliphatic imine (C=N–C) groups is 1. The number of esters is 1. The highest BCUT2D eigenvalue weighted by Crippen LogP contribution is 2.27. The number of carbonyl (C=O) groups excluding carboxylic acids is 2. The highest BCUT2D eigenvalue weighted by molar-refractivity contribution is 6.39. The van der Waals surface area contributed by atoms with E-state index in [9.17, 15) is 9.59 Å². The molecule has 0 saturated carbocycles. The third kappa shape index (κ3) is 4.80. The average Bonchev–Trinajstić information content (AvgIpc) is 2.67. The SMILES string of the molecule is CCOC(=O)CN1NC(=Nc2ccc(C)cc2)C(=O)CC1c1ccccc1. The van der Waals surface area contributed by atoms with Gasteiger partial charge in [0.25, 0.3) is 0 Å². The van der Waals surface area contributed by atoms with E-state index in [1.54, 1.807) is 11.9 Å². The van der Waals surface area contributed by atoms with E-state index in [0.29, 0.717) is 12.3 Å². The molecule has 1 saturated heterocycles. The van der Waals surface area contributed by atoms with Crippen LogP contribution in [0.4, 0.5) is 5.69 Å². The summed E-state index contributed by atoms with van der Waals surface area (Å²) in [5.74, 6) is -0.213. The fourth-order valence-corrected chi connectivity index (χ4v) is 2.96. The van der Waals surface area contributed by atoms with Gasteiger partial charge in [-0.3, -0.25) is 15.0 Å². The summed E-state index contributed by atoms with van der Waals surface area (Å²) >= 11 is 0. The van der Waals surface area contributed by atoms with Gasteiger partial charge in [-0.05, 0) is 31.5 Å². The fourth-order valence-electron chi connectivity index (χ4n) is 2.96. The second-order valence-corrected chi connectivity index (χ2v) is 6.39. The number of carbonyl (C=O) groups is 2. The number of nitrogens with zero attached hydrogens (tertiary/aromatic N) is 2. The molecule has 1 heterocycles. The summed E-state index contributed by atoms with van der Waals surface area (Å²) < 4.78 is 5.08. The van der Waals surface area contributed by atoms with Crippen LogP contribution in [0.2, 0.25) is 0 Å². The molecule has 1 aliphatic rings. The molecule has 0 aromatic heterocycles. The van der Waals surface area contributed by atoms with Crippen molar-refractivity contribution in [1.82, 2.24) is 10.4 Å². The van der Waals surface area contributed by atoms with Gasteiger partial charge in [0.15, 0.2) is 5.84 Å². The first kappa shape index (κ1) is 18.8. The molecule has 1 fully saturated rings. The van der Waals surface area contributed by atoms with Crippen molar-refractivity contribution in [2.24, 2.45) is 4.99 Å². The van der Waals surface area contributed by atoms with E-state index in [1.165, 1.54) is 0 Å². The van der Waals surface area contributed by atoms with Crippen molar-refractivity contribution in [3.8, 4) is 0 Å². The zero-order chi connectivity index (χ0) is 19.2. The van der Waals surface area contributed by atoms with Crippen LogP contribution in [0.25, 0.3) is 0 Å². The number of hydrogen-bond acceptors (Lipinski definition) is 5. The first-order valence-electron chi connectivity index (χ1n) is 8.99. The molecule has 1 N–H and O–H groups in total. The first-order valence-corrected chi connectivity index (χ1v) is 8.99. The molecule has 0 spiro atoms. The van der Waals surface area contributed by atoms with Gasteiger partial charge < -0.3 is 4.74 Å². The van der Waals surface area contributed by atoms with Crippen LogP contribution >= 0.6 is 0 Å². The maximum atomic E-state index is 12.7. The normalized spacial score (nSPS) is 19.0. The monoisotopic (exact) mass is 365 g/mol. The molecular formula is C21H23N3O3. The molecule has 6 nitrogen and oxygen atoms in total. The molecule has 2 aromatic carbocycles. The highest BCUT2D eigenvalue weighted by atomic mass is 16.5. The van der Waals surface area contributed by atoms with Crippen molar-refractivity contribution in [3.05, 3.63) is 65.7 Å². The number of amidine groups is 1. The van der Waals surface area contributed by atoms with Crippen molar-refractivity contribution >= 4 is 23.3 Å². The summed E-state index contributed by atoms with van der Waals surface area (Å²) in [5, 5.41) is 1.72. The molecule has 0 radical (unpaired) electrons. The Morgan fingerprint density at radius 2 is 1.89 bits per heavy atom. The summed E-state index contributed by atoms with van der Waals surface area (Å²) in [6.07, 6.45) is 0.237. The number of nitrogens with one attached hydrogen (secondary N) is 1. The largest absolute Gasteiger partial charge is 0.465 e. The molecule has 1 unspecified atom stereocenters. The molecule has 1 atom stereocenters. The van der Waals surface area contributed by atoms with E-state index in [-0.39, 0.29) is 36.6 Å². The molecule has 0 amide bonds. The minimum absolute atomic E-state index is 0.0214. The molecule has 6 heteroatoms. The lowest BCUT2D eigenvalue weighted by Crippen LogP contribution is -2.54. The lowest BCUT2D eigenvalue weighted by molar-refractivity contribution is -0.146. The summed E-state index contributed by atoms with van der Waals surface area (Å²) in [5.41, 5.74) is 5.80. The lowest BCUT2D eigenvalue weighted by atomic mass is 9.98. The van der Waals surface area contributed by atoms with Gasteiger partial charge in [-0.15, -0.1) is 0 Å². The van der Waals surface area contributed by atoms with Crippen LogP contribution in [0.15, 0.2) is 59.6 Å². The Hall–Kier alpha value is -2.99. The van der Waals surface area contributed by atoms with E-state index in [0.717, 1.165) is 11.1 Å². The van der Waals surface area contributed by atoms with Crippen LogP contribution in [0.1, 0.15) is 30.5 Å². The number of ether oxygens (including phenoxy) is 1. The van der Waals surface area contributed by atoms with E-state index in [1.807, 2.05) is 61.5 Å². The Morgan fingerprint density at radius 3 is 2.56 bits per heavy atom. The minimum Gasteiger partial charge on any atom is -0.465 e. The Kier molecular flexibility index (Phi) is 5.98. The van der Waals surface area contributed by atoms with Gasteiger partial charge >= 0.3 is 5.97 Å². The zero-order valence-electron chi connectivity index (χ0n) is 15.5. The maximum absolute atomic E-state index is 12.7. The summed E-state index contributed by atoms with van der Waals surface area (Å²) in [7, 11) is 0. The third-order valence-electron chi connectivity index (χ3n) is 4.33. The molecule has 0 aliphatic carbocycles. The number of Topliss-reactive ketones (excluding diaryl/α,β-unsaturated/α-hetero) is 1. The summed E-state index contributed by atoms with van der Waals surface area (Å²) in [6.45, 7) is 4.09. The van der Waals surface area contributed by atoms with E-state index >= 15 is 0 Å². The van der Waals surface area contributed by atoms with Crippen molar-refractivity contribution in [1.29, 1.82) is 0 Å². The highest BCUT2D eigenvalue weighted by Gasteiger charge is 2.33. The van der Waals surface area contributed by atoms with Crippen LogP contribution in [0.3, 0.4) is 0 Å². The number of hydrogen-bond donors (Lipinski definition) is 1. The molecule has 3 rings (SSSR count). The van der Waals surface area contributed by atoms with Gasteiger partial charge in [0.05, 0.1) is 18.3 Å². The second kappa shape index (κ2) is 8.60. The van der Waals surface area contributed by atoms with Gasteiger partial charge in [0.1, 0.15) is 6.54 Å². The number of rotatable bonds is 5. The summed E-state index contributed by atoms with van der Waals surface area (Å²) in [6, 6.07) is 17.0. The Morgan fingerprint density at radius 1 is 1.19 bits per heavy atom. The van der Waals surface area contributed by atoms with Gasteiger partial charge in [0, 0.05) is 6.42 Å². The van der Waals surface area contributed by atoms with Crippen LogP contribution in [-0.4, -0.2) is 35.7 Å².